The number of likely N-dealkylation sites (tertiary alicyclic amines) is 3. The number of rotatable bonds is 13. The number of amides is 4. The Kier molecular flexibility index (Phi) is 25.9. The van der Waals surface area contributed by atoms with Crippen LogP contribution in [0.5, 0.6) is 28.7 Å². The zero-order valence-electron chi connectivity index (χ0n) is 59.0. The van der Waals surface area contributed by atoms with Crippen LogP contribution in [-0.4, -0.2) is 155 Å². The zero-order chi connectivity index (χ0) is 70.8. The molecular weight excluding hydrogens is 1240 g/mol. The summed E-state index contributed by atoms with van der Waals surface area (Å²) in [7, 11) is 0. The van der Waals surface area contributed by atoms with Crippen molar-refractivity contribution >= 4 is 52.6 Å². The van der Waals surface area contributed by atoms with Crippen molar-refractivity contribution in [2.75, 3.05) is 68.0 Å². The third-order valence-corrected chi connectivity index (χ3v) is 16.6. The highest BCUT2D eigenvalue weighted by Crippen LogP contribution is 2.51. The summed E-state index contributed by atoms with van der Waals surface area (Å²) in [5.41, 5.74) is 30.1. The van der Waals surface area contributed by atoms with E-state index >= 15 is 0 Å². The standard InChI is InChI=1S/2C16H23N3O3.C15H23N3O3.C13H21N3O2.C11H16N2O/c2*1-15(2,3)22-14(20)19-7-5-16(19)8-11(9-16)21-13-4-6-18-10-12(13)17;1-15(2,3)21-14(19)18-8-4-5-11(10-18)20-13-6-7-17-9-12(13)16;1-13(2,3)8-12(17)16-6-7-18-11-4-5-15-9-10(11)14;12-10-8-13-7-6-11(10)14-9-4-2-1-3-5-9/h2*4,6,10-11H,5,7-9,17H2,1-3H3;6-7,9,11H,4-5,8,10,16H2,1-3H3;4-5,9H,6-8,14H2,1-3H3,(H,16,17);6-9H,1-5,12H2/t;;11-;;/m..1../s1. The second-order valence-electron chi connectivity index (χ2n) is 29.7. The summed E-state index contributed by atoms with van der Waals surface area (Å²) in [6, 6.07) is 8.82. The Bertz CT molecular complexity index is 3250. The minimum Gasteiger partial charge on any atom is -0.489 e. The van der Waals surface area contributed by atoms with E-state index in [0.29, 0.717) is 90.2 Å². The van der Waals surface area contributed by atoms with Crippen LogP contribution in [0, 0.1) is 5.41 Å². The first-order valence-electron chi connectivity index (χ1n) is 33.7. The highest BCUT2D eigenvalue weighted by Gasteiger charge is 2.59. The SMILES string of the molecule is CC(C)(C)CC(=O)NCCOc1ccncc1N.CC(C)(C)OC(=O)N1CCC12CC(Oc1ccncc1N)C2.CC(C)(C)OC(=O)N1CCC12CC(Oc1ccncc1N)C2.CC(C)(C)OC(=O)N1CCC[C@@H](Oc2ccncc2N)C1.Nc1cnccc1OC1CCCCC1. The van der Waals surface area contributed by atoms with Crippen LogP contribution in [0.2, 0.25) is 0 Å². The lowest BCUT2D eigenvalue weighted by Gasteiger charge is -2.60. The van der Waals surface area contributed by atoms with Crippen LogP contribution in [0.3, 0.4) is 0 Å². The van der Waals surface area contributed by atoms with Crippen molar-refractivity contribution in [1.82, 2.24) is 44.9 Å². The molecular formula is C71H106N14O12. The summed E-state index contributed by atoms with van der Waals surface area (Å²) in [4.78, 5) is 73.0. The lowest BCUT2D eigenvalue weighted by atomic mass is 9.66. The predicted molar refractivity (Wildman–Crippen MR) is 373 cm³/mol. The number of anilines is 5. The number of aromatic nitrogens is 5. The Morgan fingerprint density at radius 3 is 1.16 bits per heavy atom. The first kappa shape index (κ1) is 75.4. The molecule has 3 aliphatic carbocycles. The van der Waals surface area contributed by atoms with Crippen LogP contribution in [0.25, 0.3) is 0 Å². The third-order valence-electron chi connectivity index (χ3n) is 16.6. The van der Waals surface area contributed by atoms with Crippen LogP contribution < -0.4 is 57.7 Å². The van der Waals surface area contributed by atoms with Gasteiger partial charge in [-0.1, -0.05) is 27.2 Å². The smallest absolute Gasteiger partial charge is 0.410 e. The Morgan fingerprint density at radius 1 is 0.464 bits per heavy atom. The van der Waals surface area contributed by atoms with Crippen molar-refractivity contribution in [3.05, 3.63) is 92.3 Å². The van der Waals surface area contributed by atoms with E-state index in [1.807, 2.05) is 99.0 Å². The maximum Gasteiger partial charge on any atom is 0.410 e. The first-order chi connectivity index (χ1) is 45.7. The molecule has 97 heavy (non-hydrogen) atoms. The van der Waals surface area contributed by atoms with E-state index in [1.165, 1.54) is 25.5 Å². The van der Waals surface area contributed by atoms with Gasteiger partial charge < -0.3 is 86.6 Å². The van der Waals surface area contributed by atoms with Gasteiger partial charge in [0, 0.05) is 113 Å². The van der Waals surface area contributed by atoms with Gasteiger partial charge in [-0.2, -0.15) is 0 Å². The maximum atomic E-state index is 12.2. The fourth-order valence-corrected chi connectivity index (χ4v) is 11.7. The number of nitrogens with zero attached hydrogens (tertiary/aromatic N) is 8. The molecule has 3 saturated heterocycles. The fraction of sp³-hybridized carbons (Fsp3) is 0.592. The largest absolute Gasteiger partial charge is 0.489 e. The first-order valence-corrected chi connectivity index (χ1v) is 33.7. The molecule has 8 heterocycles. The van der Waals surface area contributed by atoms with Gasteiger partial charge in [0.1, 0.15) is 70.5 Å². The summed E-state index contributed by atoms with van der Waals surface area (Å²) in [5, 5.41) is 2.81. The summed E-state index contributed by atoms with van der Waals surface area (Å²) < 4.78 is 45.3. The highest BCUT2D eigenvalue weighted by atomic mass is 16.6. The Labute approximate surface area is 572 Å². The molecule has 5 aromatic rings. The Balaban J connectivity index is 0.000000172. The molecule has 26 nitrogen and oxygen atoms in total. The fourth-order valence-electron chi connectivity index (χ4n) is 11.7. The van der Waals surface area contributed by atoms with Gasteiger partial charge in [0.25, 0.3) is 0 Å². The number of pyridine rings is 5. The third kappa shape index (κ3) is 23.7. The number of carbonyl (C=O) groups excluding carboxylic acids is 4. The molecule has 11 rings (SSSR count). The lowest BCUT2D eigenvalue weighted by Crippen LogP contribution is -2.70. The molecule has 0 bridgehead atoms. The molecule has 11 N–H and O–H groups in total. The van der Waals surface area contributed by atoms with E-state index in [-0.39, 0.29) is 59.0 Å². The van der Waals surface area contributed by atoms with Gasteiger partial charge in [-0.3, -0.25) is 29.7 Å². The topological polar surface area (TPSA) is 358 Å². The van der Waals surface area contributed by atoms with Crippen molar-refractivity contribution in [3.8, 4) is 28.7 Å². The van der Waals surface area contributed by atoms with E-state index in [4.69, 9.17) is 66.6 Å². The maximum absolute atomic E-state index is 12.2. The minimum atomic E-state index is -0.486. The Hall–Kier alpha value is -8.97. The van der Waals surface area contributed by atoms with Crippen LogP contribution >= 0.6 is 0 Å². The number of nitrogen functional groups attached to an aromatic ring is 5. The quantitative estimate of drug-likeness (QED) is 0.0471. The average molecular weight is 1350 g/mol. The van der Waals surface area contributed by atoms with Crippen LogP contribution in [-0.2, 0) is 19.0 Å². The van der Waals surface area contributed by atoms with Crippen molar-refractivity contribution in [2.45, 2.75) is 225 Å². The van der Waals surface area contributed by atoms with Gasteiger partial charge in [0.2, 0.25) is 5.91 Å². The summed E-state index contributed by atoms with van der Waals surface area (Å²) in [6.07, 6.45) is 29.7. The molecule has 4 amide bonds. The number of hydrogen-bond acceptors (Lipinski definition) is 22. The lowest BCUT2D eigenvalue weighted by molar-refractivity contribution is -0.123. The number of nitrogens with two attached hydrogens (primary N) is 5. The Morgan fingerprint density at radius 2 is 0.814 bits per heavy atom. The summed E-state index contributed by atoms with van der Waals surface area (Å²) in [6.45, 7) is 26.6. The van der Waals surface area contributed by atoms with E-state index < -0.39 is 16.8 Å². The molecule has 532 valence electrons. The van der Waals surface area contributed by atoms with Crippen molar-refractivity contribution in [3.63, 3.8) is 0 Å². The minimum absolute atomic E-state index is 0.000464. The zero-order valence-corrected chi connectivity index (χ0v) is 59.0. The van der Waals surface area contributed by atoms with E-state index in [9.17, 15) is 19.2 Å². The number of piperidine rings is 1. The van der Waals surface area contributed by atoms with E-state index in [2.05, 4.69) is 30.2 Å². The van der Waals surface area contributed by atoms with Crippen molar-refractivity contribution < 1.29 is 57.1 Å². The van der Waals surface area contributed by atoms with E-state index in [1.54, 1.807) is 84.9 Å². The molecule has 1 atom stereocenters. The molecule has 0 unspecified atom stereocenters. The van der Waals surface area contributed by atoms with Gasteiger partial charge in [0.15, 0.2) is 0 Å². The summed E-state index contributed by atoms with van der Waals surface area (Å²) >= 11 is 0. The molecule has 3 saturated carbocycles. The van der Waals surface area contributed by atoms with E-state index in [0.717, 1.165) is 83.0 Å². The summed E-state index contributed by atoms with van der Waals surface area (Å²) in [5.74, 6) is 3.35. The number of carbonyl (C=O) groups is 4. The monoisotopic (exact) mass is 1350 g/mol. The van der Waals surface area contributed by atoms with Crippen LogP contribution in [0.15, 0.2) is 92.3 Å². The van der Waals surface area contributed by atoms with Crippen LogP contribution in [0.1, 0.15) is 173 Å². The van der Waals surface area contributed by atoms with Crippen molar-refractivity contribution in [2.24, 2.45) is 5.41 Å². The van der Waals surface area contributed by atoms with Gasteiger partial charge in [-0.25, -0.2) is 14.4 Å². The predicted octanol–water partition coefficient (Wildman–Crippen LogP) is 11.6. The van der Waals surface area contributed by atoms with Crippen molar-refractivity contribution in [1.29, 1.82) is 0 Å². The normalized spacial score (nSPS) is 21.1. The molecule has 3 aliphatic heterocycles. The van der Waals surface area contributed by atoms with Gasteiger partial charge in [-0.15, -0.1) is 0 Å². The molecule has 0 aromatic carbocycles. The van der Waals surface area contributed by atoms with Crippen LogP contribution in [0.4, 0.5) is 42.8 Å². The van der Waals surface area contributed by atoms with Gasteiger partial charge in [0.05, 0.1) is 89.7 Å². The average Bonchev–Trinajstić information content (AvgIpc) is 0.734. The number of ether oxygens (including phenoxy) is 8. The molecule has 6 aliphatic rings. The molecule has 0 radical (unpaired) electrons. The molecule has 5 aromatic heterocycles. The second-order valence-corrected chi connectivity index (χ2v) is 29.7. The molecule has 2 spiro atoms. The highest BCUT2D eigenvalue weighted by molar-refractivity contribution is 5.76. The van der Waals surface area contributed by atoms with Gasteiger partial charge in [-0.05, 0) is 119 Å². The second kappa shape index (κ2) is 33.3. The molecule has 26 heteroatoms. The van der Waals surface area contributed by atoms with Gasteiger partial charge >= 0.3 is 18.3 Å². The number of hydrogen-bond donors (Lipinski definition) is 6. The number of nitrogens with one attached hydrogen (secondary N) is 1. The molecule has 6 fully saturated rings.